The van der Waals surface area contributed by atoms with E-state index in [4.69, 9.17) is 9.26 Å². The SMILES string of the molecule is COc1ccc(-c2cnn(C(C)c3nc(C(C)C)no3)c2)cc1S(=O)(=O)Nc1cnc2c(c1)C(=O)NCC2. The number of ether oxygens (including phenoxy) is 1. The van der Waals surface area contributed by atoms with E-state index >= 15 is 0 Å². The van der Waals surface area contributed by atoms with Crippen molar-refractivity contribution >= 4 is 21.6 Å². The second kappa shape index (κ2) is 9.89. The topological polar surface area (TPSA) is 154 Å². The molecule has 1 atom stereocenters. The molecule has 3 aromatic heterocycles. The van der Waals surface area contributed by atoms with Crippen molar-refractivity contribution < 1.29 is 22.5 Å². The maximum absolute atomic E-state index is 13.4. The Bertz CT molecular complexity index is 1610. The molecule has 1 aromatic carbocycles. The zero-order valence-electron chi connectivity index (χ0n) is 21.3. The summed E-state index contributed by atoms with van der Waals surface area (Å²) in [7, 11) is -2.70. The number of carbonyl (C=O) groups excluding carboxylic acids is 1. The number of anilines is 1. The Morgan fingerprint density at radius 3 is 2.71 bits per heavy atom. The van der Waals surface area contributed by atoms with Gasteiger partial charge in [-0.05, 0) is 30.7 Å². The van der Waals surface area contributed by atoms with Crippen LogP contribution in [0.4, 0.5) is 5.69 Å². The minimum Gasteiger partial charge on any atom is -0.495 e. The number of pyridine rings is 1. The molecule has 0 aliphatic carbocycles. The lowest BCUT2D eigenvalue weighted by molar-refractivity contribution is 0.0945. The number of methoxy groups -OCH3 is 1. The molecule has 0 saturated carbocycles. The van der Waals surface area contributed by atoms with Crippen LogP contribution in [0.25, 0.3) is 11.1 Å². The number of nitrogens with zero attached hydrogens (tertiary/aromatic N) is 5. The first-order chi connectivity index (χ1) is 18.2. The van der Waals surface area contributed by atoms with Crippen LogP contribution in [0.5, 0.6) is 5.75 Å². The van der Waals surface area contributed by atoms with Gasteiger partial charge in [-0.3, -0.25) is 19.2 Å². The van der Waals surface area contributed by atoms with Gasteiger partial charge in [0.15, 0.2) is 5.82 Å². The van der Waals surface area contributed by atoms with Crippen LogP contribution < -0.4 is 14.8 Å². The Morgan fingerprint density at radius 2 is 1.97 bits per heavy atom. The molecule has 1 aliphatic heterocycles. The van der Waals surface area contributed by atoms with Crippen LogP contribution in [0.2, 0.25) is 0 Å². The molecule has 0 spiro atoms. The number of aromatic nitrogens is 5. The summed E-state index contributed by atoms with van der Waals surface area (Å²) in [6, 6.07) is 6.00. The van der Waals surface area contributed by atoms with E-state index in [0.29, 0.717) is 47.1 Å². The first-order valence-electron chi connectivity index (χ1n) is 12.0. The fourth-order valence-electron chi connectivity index (χ4n) is 4.07. The summed E-state index contributed by atoms with van der Waals surface area (Å²) in [5.74, 6) is 1.06. The highest BCUT2D eigenvalue weighted by Crippen LogP contribution is 2.32. The van der Waals surface area contributed by atoms with Crippen molar-refractivity contribution in [2.45, 2.75) is 44.0 Å². The predicted molar refractivity (Wildman–Crippen MR) is 137 cm³/mol. The molecule has 38 heavy (non-hydrogen) atoms. The van der Waals surface area contributed by atoms with Gasteiger partial charge in [0.25, 0.3) is 21.8 Å². The zero-order valence-corrected chi connectivity index (χ0v) is 22.1. The molecule has 13 heteroatoms. The number of hydrogen-bond acceptors (Lipinski definition) is 9. The van der Waals surface area contributed by atoms with E-state index in [0.717, 1.165) is 0 Å². The van der Waals surface area contributed by atoms with Crippen LogP contribution in [0.1, 0.15) is 60.5 Å². The Labute approximate surface area is 219 Å². The summed E-state index contributed by atoms with van der Waals surface area (Å²) in [6.07, 6.45) is 5.40. The van der Waals surface area contributed by atoms with Crippen LogP contribution >= 0.6 is 0 Å². The number of rotatable bonds is 8. The van der Waals surface area contributed by atoms with Gasteiger partial charge in [0.1, 0.15) is 16.7 Å². The molecule has 198 valence electrons. The van der Waals surface area contributed by atoms with Gasteiger partial charge in [0.2, 0.25) is 0 Å². The van der Waals surface area contributed by atoms with Crippen LogP contribution in [-0.4, -0.2) is 52.9 Å². The van der Waals surface area contributed by atoms with Gasteiger partial charge in [-0.1, -0.05) is 25.1 Å². The molecule has 1 unspecified atom stereocenters. The largest absolute Gasteiger partial charge is 0.495 e. The Balaban J connectivity index is 1.43. The number of hydrogen-bond donors (Lipinski definition) is 2. The Kier molecular flexibility index (Phi) is 6.61. The summed E-state index contributed by atoms with van der Waals surface area (Å²) < 4.78 is 41.7. The van der Waals surface area contributed by atoms with Crippen molar-refractivity contribution in [1.29, 1.82) is 0 Å². The van der Waals surface area contributed by atoms with E-state index in [9.17, 15) is 13.2 Å². The van der Waals surface area contributed by atoms with Gasteiger partial charge >= 0.3 is 0 Å². The molecule has 5 rings (SSSR count). The summed E-state index contributed by atoms with van der Waals surface area (Å²) in [6.45, 7) is 6.34. The van der Waals surface area contributed by atoms with Gasteiger partial charge in [-0.15, -0.1) is 0 Å². The predicted octanol–water partition coefficient (Wildman–Crippen LogP) is 3.16. The van der Waals surface area contributed by atoms with Crippen LogP contribution in [0.15, 0.2) is 52.3 Å². The number of nitrogens with one attached hydrogen (secondary N) is 2. The third-order valence-corrected chi connectivity index (χ3v) is 7.63. The normalized spacial score (nSPS) is 14.2. The third kappa shape index (κ3) is 4.84. The van der Waals surface area contributed by atoms with E-state index in [1.807, 2.05) is 20.8 Å². The molecule has 1 amide bonds. The second-order valence-electron chi connectivity index (χ2n) is 9.23. The van der Waals surface area contributed by atoms with E-state index in [2.05, 4.69) is 30.3 Å². The maximum atomic E-state index is 13.4. The van der Waals surface area contributed by atoms with Crippen LogP contribution in [0, 0.1) is 0 Å². The average molecular weight is 538 g/mol. The van der Waals surface area contributed by atoms with E-state index in [1.165, 1.54) is 25.4 Å². The first-order valence-corrected chi connectivity index (χ1v) is 13.5. The highest BCUT2D eigenvalue weighted by Gasteiger charge is 2.24. The van der Waals surface area contributed by atoms with Gasteiger partial charge in [0.05, 0.1) is 36.4 Å². The smallest absolute Gasteiger partial charge is 0.265 e. The number of benzene rings is 1. The van der Waals surface area contributed by atoms with Gasteiger partial charge in [0, 0.05) is 30.6 Å². The monoisotopic (exact) mass is 537 g/mol. The first kappa shape index (κ1) is 25.4. The lowest BCUT2D eigenvalue weighted by atomic mass is 10.1. The lowest BCUT2D eigenvalue weighted by Crippen LogP contribution is -2.32. The number of amides is 1. The number of carbonyl (C=O) groups is 1. The van der Waals surface area contributed by atoms with E-state index in [-0.39, 0.29) is 34.2 Å². The third-order valence-electron chi connectivity index (χ3n) is 6.23. The van der Waals surface area contributed by atoms with Crippen LogP contribution in [-0.2, 0) is 16.4 Å². The fourth-order valence-corrected chi connectivity index (χ4v) is 5.30. The number of fused-ring (bicyclic) bond motifs is 1. The van der Waals surface area contributed by atoms with Gasteiger partial charge < -0.3 is 14.6 Å². The molecule has 0 bridgehead atoms. The van der Waals surface area contributed by atoms with E-state index < -0.39 is 10.0 Å². The minimum absolute atomic E-state index is 0.0704. The molecular formula is C25H27N7O5S. The van der Waals surface area contributed by atoms with Crippen molar-refractivity contribution in [3.63, 3.8) is 0 Å². The Hall–Kier alpha value is -4.26. The van der Waals surface area contributed by atoms with Crippen molar-refractivity contribution in [1.82, 2.24) is 30.2 Å². The second-order valence-corrected chi connectivity index (χ2v) is 10.9. The molecule has 0 fully saturated rings. The average Bonchev–Trinajstić information content (AvgIpc) is 3.59. The number of sulfonamides is 1. The van der Waals surface area contributed by atoms with Crippen molar-refractivity contribution in [3.05, 3.63) is 65.8 Å². The summed E-state index contributed by atoms with van der Waals surface area (Å²) in [5, 5.41) is 11.2. The molecule has 4 heterocycles. The Morgan fingerprint density at radius 1 is 1.16 bits per heavy atom. The molecule has 1 aliphatic rings. The molecule has 12 nitrogen and oxygen atoms in total. The quantitative estimate of drug-likeness (QED) is 0.345. The fraction of sp³-hybridized carbons (Fsp3) is 0.320. The van der Waals surface area contributed by atoms with Crippen molar-refractivity contribution in [2.24, 2.45) is 0 Å². The van der Waals surface area contributed by atoms with Gasteiger partial charge in [-0.2, -0.15) is 10.1 Å². The minimum atomic E-state index is -4.10. The summed E-state index contributed by atoms with van der Waals surface area (Å²) in [5.41, 5.74) is 2.45. The lowest BCUT2D eigenvalue weighted by Gasteiger charge is -2.17. The van der Waals surface area contributed by atoms with E-state index in [1.54, 1.807) is 29.2 Å². The van der Waals surface area contributed by atoms with Crippen molar-refractivity contribution in [2.75, 3.05) is 18.4 Å². The molecule has 4 aromatic rings. The van der Waals surface area contributed by atoms with Crippen LogP contribution in [0.3, 0.4) is 0 Å². The highest BCUT2D eigenvalue weighted by atomic mass is 32.2. The maximum Gasteiger partial charge on any atom is 0.265 e. The summed E-state index contributed by atoms with van der Waals surface area (Å²) >= 11 is 0. The summed E-state index contributed by atoms with van der Waals surface area (Å²) in [4.78, 5) is 20.8. The highest BCUT2D eigenvalue weighted by molar-refractivity contribution is 7.92. The zero-order chi connectivity index (χ0) is 27.0. The van der Waals surface area contributed by atoms with Gasteiger partial charge in [-0.25, -0.2) is 8.42 Å². The standard InChI is InChI=1S/C25H27N7O5S/c1-14(2)23-29-25(37-30-23)15(3)32-13-17(11-28-32)16-5-6-21(36-4)22(9-16)38(34,35)31-18-10-19-20(27-12-18)7-8-26-24(19)33/h5-6,9-15,31H,7-8H2,1-4H3,(H,26,33). The molecular weight excluding hydrogens is 510 g/mol. The van der Waals surface area contributed by atoms with Crippen molar-refractivity contribution in [3.8, 4) is 16.9 Å². The molecule has 2 N–H and O–H groups in total. The molecule has 0 saturated heterocycles. The molecule has 0 radical (unpaired) electrons.